The van der Waals surface area contributed by atoms with E-state index in [4.69, 9.17) is 34.8 Å². The molecule has 2 aromatic rings. The molecule has 0 aliphatic carbocycles. The highest BCUT2D eigenvalue weighted by Crippen LogP contribution is 2.33. The fourth-order valence-electron chi connectivity index (χ4n) is 2.71. The van der Waals surface area contributed by atoms with Gasteiger partial charge in [-0.05, 0) is 48.2 Å². The van der Waals surface area contributed by atoms with Gasteiger partial charge < -0.3 is 4.90 Å². The molecule has 0 amide bonds. The lowest BCUT2D eigenvalue weighted by atomic mass is 10.00. The number of aryl methyl sites for hydroxylation is 1. The summed E-state index contributed by atoms with van der Waals surface area (Å²) in [6.45, 7) is 1.11. The van der Waals surface area contributed by atoms with E-state index >= 15 is 0 Å². The van der Waals surface area contributed by atoms with Crippen LogP contribution in [0.4, 0.5) is 11.4 Å². The zero-order valence-corrected chi connectivity index (χ0v) is 14.9. The molecular weight excluding hydrogens is 353 g/mol. The molecule has 120 valence electrons. The van der Waals surface area contributed by atoms with Gasteiger partial charge >= 0.3 is 0 Å². The van der Waals surface area contributed by atoms with Crippen molar-refractivity contribution >= 4 is 52.4 Å². The summed E-state index contributed by atoms with van der Waals surface area (Å²) in [6.07, 6.45) is 4.04. The number of halogens is 3. The normalized spacial score (nSPS) is 14.2. The fourth-order valence-corrected chi connectivity index (χ4v) is 3.61. The van der Waals surface area contributed by atoms with Gasteiger partial charge in [-0.1, -0.05) is 40.9 Å². The zero-order valence-electron chi connectivity index (χ0n) is 12.6. The number of fused-ring (bicyclic) bond motifs is 1. The Labute approximate surface area is 150 Å². The molecule has 0 spiro atoms. The quantitative estimate of drug-likeness (QED) is 0.574. The predicted octanol–water partition coefficient (Wildman–Crippen LogP) is 5.48. The van der Waals surface area contributed by atoms with Gasteiger partial charge in [-0.25, -0.2) is 0 Å². The van der Waals surface area contributed by atoms with Gasteiger partial charge in [0.25, 0.3) is 0 Å². The predicted molar refractivity (Wildman–Crippen MR) is 101 cm³/mol. The average molecular weight is 369 g/mol. The van der Waals surface area contributed by atoms with Crippen molar-refractivity contribution < 1.29 is 0 Å². The van der Waals surface area contributed by atoms with Crippen molar-refractivity contribution in [2.45, 2.75) is 12.8 Å². The maximum atomic E-state index is 6.12. The van der Waals surface area contributed by atoms with Crippen molar-refractivity contribution in [3.8, 4) is 0 Å². The van der Waals surface area contributed by atoms with Gasteiger partial charge in [0, 0.05) is 24.3 Å². The molecule has 1 N–H and O–H groups in total. The Morgan fingerprint density at radius 2 is 1.87 bits per heavy atom. The molecule has 0 fully saturated rings. The summed E-state index contributed by atoms with van der Waals surface area (Å²) in [5, 5.41) is 5.60. The number of hydrogen-bond donors (Lipinski definition) is 1. The number of hydrazone groups is 1. The van der Waals surface area contributed by atoms with Gasteiger partial charge in [-0.2, -0.15) is 5.10 Å². The summed E-state index contributed by atoms with van der Waals surface area (Å²) in [6, 6.07) is 9.61. The van der Waals surface area contributed by atoms with Crippen LogP contribution in [0.15, 0.2) is 35.4 Å². The molecular formula is C17H16Cl3N3. The van der Waals surface area contributed by atoms with Crippen molar-refractivity contribution in [1.82, 2.24) is 0 Å². The van der Waals surface area contributed by atoms with Crippen LogP contribution in [0.5, 0.6) is 0 Å². The number of nitrogens with zero attached hydrogens (tertiary/aromatic N) is 2. The third-order valence-electron chi connectivity index (χ3n) is 3.85. The molecule has 23 heavy (non-hydrogen) atoms. The topological polar surface area (TPSA) is 27.6 Å². The molecule has 0 unspecified atom stereocenters. The second-order valence-electron chi connectivity index (χ2n) is 5.53. The Morgan fingerprint density at radius 1 is 1.13 bits per heavy atom. The molecule has 0 saturated heterocycles. The summed E-state index contributed by atoms with van der Waals surface area (Å²) in [7, 11) is 2.12. The second-order valence-corrected chi connectivity index (χ2v) is 6.78. The molecule has 1 heterocycles. The van der Waals surface area contributed by atoms with E-state index in [1.165, 1.54) is 17.7 Å². The summed E-state index contributed by atoms with van der Waals surface area (Å²) in [5.74, 6) is 0. The van der Waals surface area contributed by atoms with Crippen LogP contribution in [-0.4, -0.2) is 19.8 Å². The fraction of sp³-hybridized carbons (Fsp3) is 0.235. The Kier molecular flexibility index (Phi) is 5.00. The summed E-state index contributed by atoms with van der Waals surface area (Å²) in [5.41, 5.74) is 7.11. The molecule has 3 nitrogen and oxygen atoms in total. The molecule has 0 aromatic heterocycles. The van der Waals surface area contributed by atoms with E-state index in [1.807, 2.05) is 0 Å². The van der Waals surface area contributed by atoms with Crippen molar-refractivity contribution in [2.24, 2.45) is 5.10 Å². The van der Waals surface area contributed by atoms with E-state index in [9.17, 15) is 0 Å². The number of benzene rings is 2. The van der Waals surface area contributed by atoms with E-state index in [2.05, 4.69) is 40.7 Å². The van der Waals surface area contributed by atoms with Crippen molar-refractivity contribution in [3.63, 3.8) is 0 Å². The second kappa shape index (κ2) is 7.00. The summed E-state index contributed by atoms with van der Waals surface area (Å²) in [4.78, 5) is 2.28. The van der Waals surface area contributed by atoms with Gasteiger partial charge in [0.1, 0.15) is 0 Å². The first-order chi connectivity index (χ1) is 11.0. The molecule has 1 aliphatic heterocycles. The van der Waals surface area contributed by atoms with E-state index in [-0.39, 0.29) is 0 Å². The number of hydrogen-bond acceptors (Lipinski definition) is 3. The van der Waals surface area contributed by atoms with Gasteiger partial charge in [-0.15, -0.1) is 0 Å². The first-order valence-corrected chi connectivity index (χ1v) is 8.45. The smallest absolute Gasteiger partial charge is 0.0935 e. The minimum absolute atomic E-state index is 0.437. The van der Waals surface area contributed by atoms with Gasteiger partial charge in [-0.3, -0.25) is 5.43 Å². The standard InChI is InChI=1S/C17H16Cl3N3/c1-23-6-2-3-12-7-11(4-5-16(12)23)10-21-22-17-14(19)8-13(18)9-15(17)20/h4-5,7-10,22H,2-3,6H2,1H3. The monoisotopic (exact) mass is 367 g/mol. The molecule has 0 bridgehead atoms. The van der Waals surface area contributed by atoms with Crippen molar-refractivity contribution in [2.75, 3.05) is 23.9 Å². The average Bonchev–Trinajstić information content (AvgIpc) is 2.50. The Bertz CT molecular complexity index is 736. The van der Waals surface area contributed by atoms with Crippen LogP contribution in [0.25, 0.3) is 0 Å². The zero-order chi connectivity index (χ0) is 16.4. The third kappa shape index (κ3) is 3.74. The Balaban J connectivity index is 1.76. The van der Waals surface area contributed by atoms with E-state index in [0.29, 0.717) is 20.8 Å². The molecule has 0 atom stereocenters. The van der Waals surface area contributed by atoms with Crippen molar-refractivity contribution in [3.05, 3.63) is 56.5 Å². The van der Waals surface area contributed by atoms with E-state index in [1.54, 1.807) is 18.3 Å². The van der Waals surface area contributed by atoms with Crippen LogP contribution in [0.2, 0.25) is 15.1 Å². The van der Waals surface area contributed by atoms with Crippen LogP contribution in [0, 0.1) is 0 Å². The SMILES string of the molecule is CN1CCCc2cc(C=NNc3c(Cl)cc(Cl)cc3Cl)ccc21. The van der Waals surface area contributed by atoms with E-state index in [0.717, 1.165) is 18.5 Å². The van der Waals surface area contributed by atoms with Gasteiger partial charge in [0.2, 0.25) is 0 Å². The highest BCUT2D eigenvalue weighted by Gasteiger charge is 2.13. The number of rotatable bonds is 3. The van der Waals surface area contributed by atoms with Gasteiger partial charge in [0.15, 0.2) is 0 Å². The Morgan fingerprint density at radius 3 is 2.61 bits per heavy atom. The van der Waals surface area contributed by atoms with Crippen LogP contribution < -0.4 is 10.3 Å². The highest BCUT2D eigenvalue weighted by molar-refractivity contribution is 6.41. The number of nitrogens with one attached hydrogen (secondary N) is 1. The van der Waals surface area contributed by atoms with Crippen LogP contribution >= 0.6 is 34.8 Å². The lowest BCUT2D eigenvalue weighted by molar-refractivity contribution is 0.744. The minimum atomic E-state index is 0.437. The van der Waals surface area contributed by atoms with Gasteiger partial charge in [0.05, 0.1) is 21.9 Å². The first kappa shape index (κ1) is 16.4. The minimum Gasteiger partial charge on any atom is -0.374 e. The largest absolute Gasteiger partial charge is 0.374 e. The molecule has 2 aromatic carbocycles. The maximum Gasteiger partial charge on any atom is 0.0935 e. The van der Waals surface area contributed by atoms with Crippen LogP contribution in [-0.2, 0) is 6.42 Å². The molecule has 6 heteroatoms. The van der Waals surface area contributed by atoms with Crippen LogP contribution in [0.1, 0.15) is 17.5 Å². The first-order valence-electron chi connectivity index (χ1n) is 7.32. The lowest BCUT2D eigenvalue weighted by Crippen LogP contribution is -2.24. The van der Waals surface area contributed by atoms with Crippen molar-refractivity contribution in [1.29, 1.82) is 0 Å². The summed E-state index contributed by atoms with van der Waals surface area (Å²) < 4.78 is 0. The highest BCUT2D eigenvalue weighted by atomic mass is 35.5. The van der Waals surface area contributed by atoms with E-state index < -0.39 is 0 Å². The van der Waals surface area contributed by atoms with Crippen LogP contribution in [0.3, 0.4) is 0 Å². The third-order valence-corrected chi connectivity index (χ3v) is 4.67. The molecule has 0 saturated carbocycles. The molecule has 3 rings (SSSR count). The maximum absolute atomic E-state index is 6.12. The Hall–Kier alpha value is -1.42. The lowest BCUT2D eigenvalue weighted by Gasteiger charge is -2.27. The molecule has 1 aliphatic rings. The number of anilines is 2. The summed E-state index contributed by atoms with van der Waals surface area (Å²) >= 11 is 18.1. The molecule has 0 radical (unpaired) electrons.